The van der Waals surface area contributed by atoms with E-state index in [1.54, 1.807) is 12.1 Å². The number of aryl methyl sites for hydroxylation is 1. The number of nitrogens with zero attached hydrogens (tertiary/aromatic N) is 3. The molecule has 2 unspecified atom stereocenters. The molecule has 1 amide bonds. The molecule has 0 aliphatic carbocycles. The molecule has 1 N–H and O–H groups in total. The minimum atomic E-state index is -0.943. The van der Waals surface area contributed by atoms with Gasteiger partial charge in [0.1, 0.15) is 6.04 Å². The molecule has 0 radical (unpaired) electrons. The molecule has 2 saturated heterocycles. The van der Waals surface area contributed by atoms with E-state index in [1.165, 1.54) is 11.1 Å². The Hall–Kier alpha value is -1.99. The van der Waals surface area contributed by atoms with Crippen LogP contribution < -0.4 is 0 Å². The number of piperidine rings is 1. The van der Waals surface area contributed by atoms with Gasteiger partial charge in [-0.15, -0.1) is 0 Å². The van der Waals surface area contributed by atoms with E-state index in [1.807, 2.05) is 6.92 Å². The highest BCUT2D eigenvalue weighted by molar-refractivity contribution is 5.96. The maximum atomic E-state index is 12.7. The van der Waals surface area contributed by atoms with Gasteiger partial charge in [-0.1, -0.05) is 0 Å². The standard InChI is InChI=1S/C17H23N3O4/c1-12-2-3-13(11-18-12)16(21)20-5-4-14(10-15(20)17(22)23)19-6-8-24-9-7-19/h2-3,11,14-15H,4-10H2,1H3,(H,22,23). The number of likely N-dealkylation sites (tertiary alicyclic amines) is 1. The van der Waals surface area contributed by atoms with Crippen molar-refractivity contribution in [1.29, 1.82) is 0 Å². The maximum absolute atomic E-state index is 12.7. The first-order valence-corrected chi connectivity index (χ1v) is 8.34. The fraction of sp³-hybridized carbons (Fsp3) is 0.588. The lowest BCUT2D eigenvalue weighted by atomic mass is 9.94. The Morgan fingerprint density at radius 3 is 2.62 bits per heavy atom. The van der Waals surface area contributed by atoms with Gasteiger partial charge in [0, 0.05) is 37.6 Å². The van der Waals surface area contributed by atoms with Gasteiger partial charge in [0.15, 0.2) is 0 Å². The van der Waals surface area contributed by atoms with Gasteiger partial charge in [-0.25, -0.2) is 4.79 Å². The van der Waals surface area contributed by atoms with Gasteiger partial charge < -0.3 is 14.7 Å². The monoisotopic (exact) mass is 333 g/mol. The molecule has 0 bridgehead atoms. The molecule has 0 saturated carbocycles. The van der Waals surface area contributed by atoms with E-state index in [4.69, 9.17) is 4.74 Å². The summed E-state index contributed by atoms with van der Waals surface area (Å²) in [7, 11) is 0. The van der Waals surface area contributed by atoms with Crippen molar-refractivity contribution in [3.05, 3.63) is 29.6 Å². The third-order valence-corrected chi connectivity index (χ3v) is 4.84. The second-order valence-corrected chi connectivity index (χ2v) is 6.37. The zero-order chi connectivity index (χ0) is 17.1. The maximum Gasteiger partial charge on any atom is 0.326 e. The summed E-state index contributed by atoms with van der Waals surface area (Å²) in [6, 6.07) is 2.87. The average Bonchev–Trinajstić information content (AvgIpc) is 2.62. The minimum Gasteiger partial charge on any atom is -0.480 e. The largest absolute Gasteiger partial charge is 0.480 e. The summed E-state index contributed by atoms with van der Waals surface area (Å²) in [5, 5.41) is 9.61. The average molecular weight is 333 g/mol. The molecule has 1 aromatic rings. The normalized spacial score (nSPS) is 25.5. The number of rotatable bonds is 3. The highest BCUT2D eigenvalue weighted by Gasteiger charge is 2.38. The Morgan fingerprint density at radius 2 is 2.00 bits per heavy atom. The van der Waals surface area contributed by atoms with Crippen LogP contribution in [0.5, 0.6) is 0 Å². The molecule has 3 rings (SSSR count). The molecule has 7 nitrogen and oxygen atoms in total. The van der Waals surface area contributed by atoms with Crippen LogP contribution in [-0.4, -0.2) is 76.7 Å². The van der Waals surface area contributed by atoms with Crippen LogP contribution in [0.1, 0.15) is 28.9 Å². The summed E-state index contributed by atoms with van der Waals surface area (Å²) in [5.74, 6) is -1.20. The third-order valence-electron chi connectivity index (χ3n) is 4.84. The summed E-state index contributed by atoms with van der Waals surface area (Å²) in [6.07, 6.45) is 2.76. The summed E-state index contributed by atoms with van der Waals surface area (Å²) in [4.78, 5) is 32.3. The number of hydrogen-bond acceptors (Lipinski definition) is 5. The molecule has 2 aliphatic rings. The number of morpholine rings is 1. The molecule has 3 heterocycles. The van der Waals surface area contributed by atoms with Crippen LogP contribution in [0.4, 0.5) is 0 Å². The predicted molar refractivity (Wildman–Crippen MR) is 86.8 cm³/mol. The molecule has 0 aromatic carbocycles. The Kier molecular flexibility index (Phi) is 5.11. The molecule has 24 heavy (non-hydrogen) atoms. The first-order valence-electron chi connectivity index (χ1n) is 8.34. The summed E-state index contributed by atoms with van der Waals surface area (Å²) in [5.41, 5.74) is 1.27. The van der Waals surface area contributed by atoms with Crippen LogP contribution in [0.15, 0.2) is 18.3 Å². The molecule has 2 atom stereocenters. The lowest BCUT2D eigenvalue weighted by Gasteiger charge is -2.43. The van der Waals surface area contributed by atoms with Gasteiger partial charge in [0.2, 0.25) is 0 Å². The number of amides is 1. The number of hydrogen-bond donors (Lipinski definition) is 1. The van der Waals surface area contributed by atoms with Crippen molar-refractivity contribution >= 4 is 11.9 Å². The van der Waals surface area contributed by atoms with Crippen LogP contribution in [-0.2, 0) is 9.53 Å². The third kappa shape index (κ3) is 3.57. The zero-order valence-corrected chi connectivity index (χ0v) is 13.9. The number of ether oxygens (including phenoxy) is 1. The van der Waals surface area contributed by atoms with E-state index in [0.717, 1.165) is 25.2 Å². The molecular formula is C17H23N3O4. The molecule has 1 aromatic heterocycles. The van der Waals surface area contributed by atoms with E-state index in [0.29, 0.717) is 31.7 Å². The number of aliphatic carboxylic acids is 1. The van der Waals surface area contributed by atoms with E-state index in [9.17, 15) is 14.7 Å². The van der Waals surface area contributed by atoms with Crippen LogP contribution >= 0.6 is 0 Å². The van der Waals surface area contributed by atoms with Crippen molar-refractivity contribution in [2.75, 3.05) is 32.8 Å². The Morgan fingerprint density at radius 1 is 1.25 bits per heavy atom. The van der Waals surface area contributed by atoms with Crippen LogP contribution in [0.25, 0.3) is 0 Å². The Balaban J connectivity index is 1.72. The van der Waals surface area contributed by atoms with Crippen molar-refractivity contribution in [2.24, 2.45) is 0 Å². The molecule has 2 fully saturated rings. The summed E-state index contributed by atoms with van der Waals surface area (Å²) in [6.45, 7) is 5.32. The van der Waals surface area contributed by atoms with Crippen molar-refractivity contribution in [3.63, 3.8) is 0 Å². The van der Waals surface area contributed by atoms with E-state index in [-0.39, 0.29) is 11.9 Å². The number of pyridine rings is 1. The number of carbonyl (C=O) groups excluding carboxylic acids is 1. The van der Waals surface area contributed by atoms with Gasteiger partial charge in [0.05, 0.1) is 18.8 Å². The predicted octanol–water partition coefficient (Wildman–Crippen LogP) is 0.780. The van der Waals surface area contributed by atoms with Crippen molar-refractivity contribution in [2.45, 2.75) is 31.8 Å². The number of carboxylic acids is 1. The summed E-state index contributed by atoms with van der Waals surface area (Å²) >= 11 is 0. The molecular weight excluding hydrogens is 310 g/mol. The van der Waals surface area contributed by atoms with Gasteiger partial charge in [-0.05, 0) is 31.9 Å². The van der Waals surface area contributed by atoms with E-state index < -0.39 is 12.0 Å². The van der Waals surface area contributed by atoms with Gasteiger partial charge >= 0.3 is 5.97 Å². The van der Waals surface area contributed by atoms with E-state index >= 15 is 0 Å². The second kappa shape index (κ2) is 7.27. The highest BCUT2D eigenvalue weighted by atomic mass is 16.5. The molecule has 7 heteroatoms. The first-order chi connectivity index (χ1) is 11.6. The molecule has 130 valence electrons. The number of aromatic nitrogens is 1. The van der Waals surface area contributed by atoms with Gasteiger partial charge in [0.25, 0.3) is 5.91 Å². The lowest BCUT2D eigenvalue weighted by Crippen LogP contribution is -2.56. The zero-order valence-electron chi connectivity index (χ0n) is 13.9. The quantitative estimate of drug-likeness (QED) is 0.880. The van der Waals surface area contributed by atoms with Crippen LogP contribution in [0.3, 0.4) is 0 Å². The topological polar surface area (TPSA) is 83.0 Å². The van der Waals surface area contributed by atoms with Crippen molar-refractivity contribution < 1.29 is 19.4 Å². The second-order valence-electron chi connectivity index (χ2n) is 6.37. The van der Waals surface area contributed by atoms with Crippen molar-refractivity contribution in [3.8, 4) is 0 Å². The minimum absolute atomic E-state index is 0.190. The van der Waals surface area contributed by atoms with Gasteiger partial charge in [-0.3, -0.25) is 14.7 Å². The Labute approximate surface area is 141 Å². The fourth-order valence-electron chi connectivity index (χ4n) is 3.46. The fourth-order valence-corrected chi connectivity index (χ4v) is 3.46. The Bertz CT molecular complexity index is 598. The first kappa shape index (κ1) is 16.9. The molecule has 2 aliphatic heterocycles. The van der Waals surface area contributed by atoms with Crippen LogP contribution in [0, 0.1) is 6.92 Å². The van der Waals surface area contributed by atoms with E-state index in [2.05, 4.69) is 9.88 Å². The SMILES string of the molecule is Cc1ccc(C(=O)N2CCC(N3CCOCC3)CC2C(=O)O)cn1. The number of carbonyl (C=O) groups is 2. The molecule has 0 spiro atoms. The lowest BCUT2D eigenvalue weighted by molar-refractivity contribution is -0.144. The number of carboxylic acid groups (broad SMARTS) is 1. The van der Waals surface area contributed by atoms with Gasteiger partial charge in [-0.2, -0.15) is 0 Å². The van der Waals surface area contributed by atoms with Crippen molar-refractivity contribution in [1.82, 2.24) is 14.8 Å². The van der Waals surface area contributed by atoms with Crippen LogP contribution in [0.2, 0.25) is 0 Å². The smallest absolute Gasteiger partial charge is 0.326 e. The highest BCUT2D eigenvalue weighted by Crippen LogP contribution is 2.24. The summed E-state index contributed by atoms with van der Waals surface area (Å²) < 4.78 is 5.36.